The molecule has 0 bridgehead atoms. The van der Waals surface area contributed by atoms with Gasteiger partial charge in [-0.05, 0) is 17.4 Å². The van der Waals surface area contributed by atoms with Crippen molar-refractivity contribution in [2.24, 2.45) is 7.05 Å². The molecule has 1 N–H and O–H groups in total. The Labute approximate surface area is 84.1 Å². The molecule has 0 aromatic carbocycles. The van der Waals surface area contributed by atoms with Crippen molar-refractivity contribution in [3.63, 3.8) is 0 Å². The molecular weight excluding hydrogens is 200 g/mol. The van der Waals surface area contributed by atoms with Gasteiger partial charge in [0, 0.05) is 13.2 Å². The lowest BCUT2D eigenvalue weighted by molar-refractivity contribution is 0.0696. The van der Waals surface area contributed by atoms with Crippen molar-refractivity contribution >= 4 is 5.97 Å². The second kappa shape index (κ2) is 3.15. The summed E-state index contributed by atoms with van der Waals surface area (Å²) in [5.41, 5.74) is 0.559. The molecule has 2 rings (SSSR count). The van der Waals surface area contributed by atoms with Gasteiger partial charge in [0.05, 0.1) is 5.69 Å². The Kier molecular flexibility index (Phi) is 1.96. The molecule has 0 radical (unpaired) electrons. The Balaban J connectivity index is 2.52. The highest BCUT2D eigenvalue weighted by molar-refractivity contribution is 5.88. The molecule has 0 saturated heterocycles. The number of carbonyl (C=O) groups is 1. The van der Waals surface area contributed by atoms with Crippen LogP contribution in [-0.4, -0.2) is 41.1 Å². The molecule has 78 valence electrons. The third-order valence-corrected chi connectivity index (χ3v) is 1.93. The molecule has 0 amide bonds. The van der Waals surface area contributed by atoms with Crippen molar-refractivity contribution < 1.29 is 9.90 Å². The average Bonchev–Trinajstić information content (AvgIpc) is 2.71. The maximum atomic E-state index is 10.8. The molecule has 0 saturated carbocycles. The molecule has 2 aromatic rings. The summed E-state index contributed by atoms with van der Waals surface area (Å²) in [6, 6.07) is 0. The summed E-state index contributed by atoms with van der Waals surface area (Å²) in [7, 11) is 1.65. The fraction of sp³-hybridized carbons (Fsp3) is 0.286. The number of hydrogen-bond donors (Lipinski definition) is 1. The summed E-state index contributed by atoms with van der Waals surface area (Å²) < 4.78 is 2.73. The lowest BCUT2D eigenvalue weighted by Crippen LogP contribution is -2.04. The first kappa shape index (κ1) is 9.31. The van der Waals surface area contributed by atoms with Crippen molar-refractivity contribution in [3.8, 4) is 5.95 Å². The molecule has 2 heterocycles. The second-order valence-corrected chi connectivity index (χ2v) is 2.98. The lowest BCUT2D eigenvalue weighted by Gasteiger charge is -1.95. The SMILES string of the molecule is Cc1nn(-c2nnnn2C)cc1C(=O)O. The van der Waals surface area contributed by atoms with Crippen LogP contribution in [0, 0.1) is 6.92 Å². The monoisotopic (exact) mass is 208 g/mol. The quantitative estimate of drug-likeness (QED) is 0.707. The van der Waals surface area contributed by atoms with Crippen molar-refractivity contribution in [2.75, 3.05) is 0 Å². The largest absolute Gasteiger partial charge is 0.478 e. The van der Waals surface area contributed by atoms with Gasteiger partial charge in [0.2, 0.25) is 0 Å². The van der Waals surface area contributed by atoms with E-state index in [0.717, 1.165) is 0 Å². The van der Waals surface area contributed by atoms with Gasteiger partial charge in [0.25, 0.3) is 5.95 Å². The van der Waals surface area contributed by atoms with Crippen LogP contribution in [-0.2, 0) is 7.05 Å². The van der Waals surface area contributed by atoms with E-state index in [1.54, 1.807) is 14.0 Å². The summed E-state index contributed by atoms with van der Waals surface area (Å²) in [5, 5.41) is 23.6. The molecule has 0 aliphatic rings. The number of tetrazole rings is 1. The first-order valence-electron chi connectivity index (χ1n) is 4.12. The molecule has 0 aliphatic carbocycles. The lowest BCUT2D eigenvalue weighted by atomic mass is 10.3. The van der Waals surface area contributed by atoms with E-state index in [2.05, 4.69) is 20.6 Å². The Morgan fingerprint density at radius 1 is 1.53 bits per heavy atom. The van der Waals surface area contributed by atoms with Gasteiger partial charge in [-0.1, -0.05) is 5.10 Å². The van der Waals surface area contributed by atoms with Gasteiger partial charge in [-0.2, -0.15) is 5.10 Å². The zero-order chi connectivity index (χ0) is 11.0. The molecule has 2 aromatic heterocycles. The molecule has 0 atom stereocenters. The van der Waals surface area contributed by atoms with Crippen molar-refractivity contribution in [1.29, 1.82) is 0 Å². The number of carboxylic acids is 1. The van der Waals surface area contributed by atoms with Gasteiger partial charge >= 0.3 is 5.97 Å². The maximum Gasteiger partial charge on any atom is 0.339 e. The van der Waals surface area contributed by atoms with E-state index in [-0.39, 0.29) is 5.56 Å². The molecule has 8 nitrogen and oxygen atoms in total. The van der Waals surface area contributed by atoms with E-state index in [1.807, 2.05) is 0 Å². The van der Waals surface area contributed by atoms with Crippen molar-refractivity contribution in [2.45, 2.75) is 6.92 Å². The van der Waals surface area contributed by atoms with Crippen LogP contribution in [0.4, 0.5) is 0 Å². The fourth-order valence-electron chi connectivity index (χ4n) is 1.19. The minimum absolute atomic E-state index is 0.137. The highest BCUT2D eigenvalue weighted by atomic mass is 16.4. The van der Waals surface area contributed by atoms with Crippen LogP contribution >= 0.6 is 0 Å². The Morgan fingerprint density at radius 3 is 2.73 bits per heavy atom. The zero-order valence-corrected chi connectivity index (χ0v) is 8.12. The normalized spacial score (nSPS) is 10.5. The van der Waals surface area contributed by atoms with Crippen LogP contribution in [0.1, 0.15) is 16.1 Å². The number of hydrogen-bond acceptors (Lipinski definition) is 5. The molecule has 0 unspecified atom stereocenters. The van der Waals surface area contributed by atoms with E-state index in [9.17, 15) is 4.79 Å². The second-order valence-electron chi connectivity index (χ2n) is 2.98. The first-order valence-corrected chi connectivity index (χ1v) is 4.12. The van der Waals surface area contributed by atoms with Crippen molar-refractivity contribution in [3.05, 3.63) is 17.5 Å². The Hall–Kier alpha value is -2.25. The molecule has 15 heavy (non-hydrogen) atoms. The number of aromatic nitrogens is 6. The van der Waals surface area contributed by atoms with Gasteiger partial charge in [0.15, 0.2) is 0 Å². The van der Waals surface area contributed by atoms with E-state index in [1.165, 1.54) is 15.6 Å². The molecule has 0 aliphatic heterocycles. The van der Waals surface area contributed by atoms with Crippen LogP contribution in [0.2, 0.25) is 0 Å². The molecule has 8 heteroatoms. The topological polar surface area (TPSA) is 98.7 Å². The summed E-state index contributed by atoms with van der Waals surface area (Å²) in [6.45, 7) is 1.61. The number of nitrogens with zero attached hydrogens (tertiary/aromatic N) is 6. The van der Waals surface area contributed by atoms with Crippen LogP contribution in [0.3, 0.4) is 0 Å². The van der Waals surface area contributed by atoms with E-state index in [0.29, 0.717) is 11.6 Å². The summed E-state index contributed by atoms with van der Waals surface area (Å²) in [6.07, 6.45) is 1.38. The van der Waals surface area contributed by atoms with Crippen LogP contribution in [0.15, 0.2) is 6.20 Å². The number of aryl methyl sites for hydroxylation is 2. The first-order chi connectivity index (χ1) is 7.09. The minimum atomic E-state index is -1.02. The summed E-state index contributed by atoms with van der Waals surface area (Å²) in [4.78, 5) is 10.8. The average molecular weight is 208 g/mol. The molecule has 0 spiro atoms. The standard InChI is InChI=1S/C7H8N6O2/c1-4-5(6(14)15)3-13(9-4)7-8-10-11-12(7)2/h3H,1-2H3,(H,14,15). The summed E-state index contributed by atoms with van der Waals surface area (Å²) >= 11 is 0. The predicted octanol–water partition coefficient (Wildman–Crippen LogP) is -0.598. The third kappa shape index (κ3) is 1.45. The van der Waals surface area contributed by atoms with Crippen LogP contribution in [0.5, 0.6) is 0 Å². The van der Waals surface area contributed by atoms with E-state index >= 15 is 0 Å². The van der Waals surface area contributed by atoms with Gasteiger partial charge in [0.1, 0.15) is 5.56 Å². The number of carboxylic acid groups (broad SMARTS) is 1. The Morgan fingerprint density at radius 2 is 2.27 bits per heavy atom. The number of rotatable bonds is 2. The number of aromatic carboxylic acids is 1. The highest BCUT2D eigenvalue weighted by Crippen LogP contribution is 2.08. The fourth-order valence-corrected chi connectivity index (χ4v) is 1.19. The van der Waals surface area contributed by atoms with Crippen LogP contribution in [0.25, 0.3) is 5.95 Å². The summed E-state index contributed by atoms with van der Waals surface area (Å²) in [5.74, 6) is -0.653. The third-order valence-electron chi connectivity index (χ3n) is 1.93. The van der Waals surface area contributed by atoms with Crippen LogP contribution < -0.4 is 0 Å². The van der Waals surface area contributed by atoms with Gasteiger partial charge in [-0.3, -0.25) is 0 Å². The zero-order valence-electron chi connectivity index (χ0n) is 8.12. The van der Waals surface area contributed by atoms with E-state index in [4.69, 9.17) is 5.11 Å². The minimum Gasteiger partial charge on any atom is -0.478 e. The van der Waals surface area contributed by atoms with Crippen molar-refractivity contribution in [1.82, 2.24) is 30.0 Å². The smallest absolute Gasteiger partial charge is 0.339 e. The van der Waals surface area contributed by atoms with Gasteiger partial charge in [-0.15, -0.1) is 0 Å². The predicted molar refractivity (Wildman–Crippen MR) is 47.6 cm³/mol. The maximum absolute atomic E-state index is 10.8. The Bertz CT molecular complexity index is 513. The van der Waals surface area contributed by atoms with E-state index < -0.39 is 5.97 Å². The molecular formula is C7H8N6O2. The highest BCUT2D eigenvalue weighted by Gasteiger charge is 2.14. The molecule has 0 fully saturated rings. The van der Waals surface area contributed by atoms with Gasteiger partial charge < -0.3 is 5.11 Å². The van der Waals surface area contributed by atoms with Gasteiger partial charge in [-0.25, -0.2) is 14.2 Å².